The molecule has 1 atom stereocenters. The largest absolute Gasteiger partial charge is 0.324 e. The highest BCUT2D eigenvalue weighted by molar-refractivity contribution is 5.16. The highest BCUT2D eigenvalue weighted by Gasteiger charge is 2.20. The third kappa shape index (κ3) is 3.06. The first kappa shape index (κ1) is 15.1. The van der Waals surface area contributed by atoms with Crippen LogP contribution in [-0.4, -0.2) is 24.3 Å². The van der Waals surface area contributed by atoms with Crippen molar-refractivity contribution in [2.24, 2.45) is 0 Å². The van der Waals surface area contributed by atoms with Crippen molar-refractivity contribution in [2.45, 2.75) is 32.9 Å². The van der Waals surface area contributed by atoms with Gasteiger partial charge in [0.05, 0.1) is 12.6 Å². The molecule has 0 radical (unpaired) electrons. The molecule has 3 aromatic rings. The Morgan fingerprint density at radius 1 is 1.22 bits per heavy atom. The number of aromatic nitrogens is 5. The van der Waals surface area contributed by atoms with Gasteiger partial charge in [0.25, 0.3) is 5.56 Å². The average molecular weight is 309 g/mol. The van der Waals surface area contributed by atoms with E-state index in [0.29, 0.717) is 12.4 Å². The Labute approximate surface area is 134 Å². The molecule has 0 aliphatic rings. The van der Waals surface area contributed by atoms with Crippen molar-refractivity contribution in [3.05, 3.63) is 76.5 Å². The Kier molecular flexibility index (Phi) is 4.32. The molecule has 0 aliphatic carbocycles. The normalized spacial score (nSPS) is 12.3. The summed E-state index contributed by atoms with van der Waals surface area (Å²) in [6.07, 6.45) is 5.73. The summed E-state index contributed by atoms with van der Waals surface area (Å²) in [6, 6.07) is 9.82. The van der Waals surface area contributed by atoms with Crippen molar-refractivity contribution in [3.63, 3.8) is 0 Å². The lowest BCUT2D eigenvalue weighted by Crippen LogP contribution is -2.29. The average Bonchev–Trinajstić information content (AvgIpc) is 2.98. The van der Waals surface area contributed by atoms with Gasteiger partial charge in [-0.3, -0.25) is 9.36 Å². The zero-order valence-corrected chi connectivity index (χ0v) is 13.3. The van der Waals surface area contributed by atoms with Crippen molar-refractivity contribution in [1.29, 1.82) is 0 Å². The van der Waals surface area contributed by atoms with Gasteiger partial charge in [-0.15, -0.1) is 5.10 Å². The first-order valence-corrected chi connectivity index (χ1v) is 7.66. The van der Waals surface area contributed by atoms with E-state index in [4.69, 9.17) is 0 Å². The highest BCUT2D eigenvalue weighted by atomic mass is 16.1. The number of rotatable bonds is 5. The van der Waals surface area contributed by atoms with Crippen LogP contribution in [0.4, 0.5) is 0 Å². The molecule has 6 heteroatoms. The number of hydrogen-bond acceptors (Lipinski definition) is 4. The zero-order valence-electron chi connectivity index (χ0n) is 13.3. The lowest BCUT2D eigenvalue weighted by atomic mass is 10.1. The summed E-state index contributed by atoms with van der Waals surface area (Å²) in [5.41, 5.74) is 0.913. The molecule has 0 spiro atoms. The van der Waals surface area contributed by atoms with E-state index in [2.05, 4.69) is 22.1 Å². The fourth-order valence-corrected chi connectivity index (χ4v) is 2.77. The zero-order chi connectivity index (χ0) is 16.2. The van der Waals surface area contributed by atoms with Gasteiger partial charge in [-0.25, -0.2) is 4.98 Å². The maximum absolute atomic E-state index is 12.4. The van der Waals surface area contributed by atoms with Crippen LogP contribution >= 0.6 is 0 Å². The third-order valence-electron chi connectivity index (χ3n) is 3.94. The summed E-state index contributed by atoms with van der Waals surface area (Å²) in [5.74, 6) is 1.55. The molecule has 2 heterocycles. The summed E-state index contributed by atoms with van der Waals surface area (Å²) < 4.78 is 3.72. The standard InChI is InChI=1S/C17H19N5O/c1-3-15(21-10-9-18-13(21)2)17-20-19-11-16(23)22(17)12-14-7-5-4-6-8-14/h4-11,15H,3,12H2,1-2H3. The molecule has 0 fully saturated rings. The minimum Gasteiger partial charge on any atom is -0.324 e. The number of benzene rings is 1. The van der Waals surface area contributed by atoms with Crippen LogP contribution in [-0.2, 0) is 6.54 Å². The van der Waals surface area contributed by atoms with Gasteiger partial charge in [-0.2, -0.15) is 5.10 Å². The van der Waals surface area contributed by atoms with Gasteiger partial charge in [0.1, 0.15) is 12.0 Å². The SMILES string of the molecule is CCC(c1nncc(=O)n1Cc1ccccc1)n1ccnc1C. The van der Waals surface area contributed by atoms with E-state index in [1.54, 1.807) is 10.8 Å². The third-order valence-corrected chi connectivity index (χ3v) is 3.94. The maximum Gasteiger partial charge on any atom is 0.272 e. The fraction of sp³-hybridized carbons (Fsp3) is 0.294. The van der Waals surface area contributed by atoms with Gasteiger partial charge in [0.2, 0.25) is 0 Å². The second-order valence-electron chi connectivity index (χ2n) is 5.42. The molecule has 0 bridgehead atoms. The van der Waals surface area contributed by atoms with Crippen LogP contribution in [0.15, 0.2) is 53.7 Å². The van der Waals surface area contributed by atoms with Gasteiger partial charge < -0.3 is 4.57 Å². The minimum atomic E-state index is -0.143. The molecule has 0 aliphatic heterocycles. The second kappa shape index (κ2) is 6.56. The van der Waals surface area contributed by atoms with E-state index in [1.807, 2.05) is 48.0 Å². The molecule has 0 saturated heterocycles. The summed E-state index contributed by atoms with van der Waals surface area (Å²) in [6.45, 7) is 4.49. The Morgan fingerprint density at radius 3 is 2.65 bits per heavy atom. The van der Waals surface area contributed by atoms with Crippen molar-refractivity contribution in [3.8, 4) is 0 Å². The van der Waals surface area contributed by atoms with Crippen LogP contribution < -0.4 is 5.56 Å². The lowest BCUT2D eigenvalue weighted by Gasteiger charge is -2.21. The molecule has 0 saturated carbocycles. The quantitative estimate of drug-likeness (QED) is 0.724. The summed E-state index contributed by atoms with van der Waals surface area (Å²) >= 11 is 0. The number of hydrogen-bond donors (Lipinski definition) is 0. The summed E-state index contributed by atoms with van der Waals surface area (Å²) in [7, 11) is 0. The van der Waals surface area contributed by atoms with Gasteiger partial charge in [-0.1, -0.05) is 37.3 Å². The molecule has 118 valence electrons. The van der Waals surface area contributed by atoms with Gasteiger partial charge in [0.15, 0.2) is 5.82 Å². The van der Waals surface area contributed by atoms with E-state index >= 15 is 0 Å². The van der Waals surface area contributed by atoms with E-state index in [1.165, 1.54) is 6.20 Å². The molecule has 3 rings (SSSR count). The minimum absolute atomic E-state index is 0.0670. The Morgan fingerprint density at radius 2 is 2.00 bits per heavy atom. The predicted molar refractivity (Wildman–Crippen MR) is 87.2 cm³/mol. The molecule has 1 aromatic carbocycles. The Bertz CT molecular complexity index is 837. The van der Waals surface area contributed by atoms with Crippen LogP contribution in [0.1, 0.15) is 36.6 Å². The Balaban J connectivity index is 2.07. The molecule has 0 N–H and O–H groups in total. The van der Waals surface area contributed by atoms with Crippen LogP contribution in [0.3, 0.4) is 0 Å². The van der Waals surface area contributed by atoms with E-state index in [-0.39, 0.29) is 11.6 Å². The van der Waals surface area contributed by atoms with Gasteiger partial charge >= 0.3 is 0 Å². The number of nitrogens with zero attached hydrogens (tertiary/aromatic N) is 5. The number of aryl methyl sites for hydroxylation is 1. The van der Waals surface area contributed by atoms with Gasteiger partial charge in [0, 0.05) is 12.4 Å². The van der Waals surface area contributed by atoms with Crippen LogP contribution in [0, 0.1) is 6.92 Å². The molecule has 23 heavy (non-hydrogen) atoms. The maximum atomic E-state index is 12.4. The smallest absolute Gasteiger partial charge is 0.272 e. The lowest BCUT2D eigenvalue weighted by molar-refractivity contribution is 0.474. The molecular weight excluding hydrogens is 290 g/mol. The van der Waals surface area contributed by atoms with Crippen molar-refractivity contribution < 1.29 is 0 Å². The van der Waals surface area contributed by atoms with Crippen LogP contribution in [0.5, 0.6) is 0 Å². The number of imidazole rings is 1. The van der Waals surface area contributed by atoms with Crippen molar-refractivity contribution in [1.82, 2.24) is 24.3 Å². The molecule has 6 nitrogen and oxygen atoms in total. The van der Waals surface area contributed by atoms with Crippen molar-refractivity contribution >= 4 is 0 Å². The van der Waals surface area contributed by atoms with E-state index in [0.717, 1.165) is 17.8 Å². The molecule has 1 unspecified atom stereocenters. The monoisotopic (exact) mass is 309 g/mol. The predicted octanol–water partition coefficient (Wildman–Crippen LogP) is 2.19. The first-order valence-electron chi connectivity index (χ1n) is 7.66. The molecule has 2 aromatic heterocycles. The first-order chi connectivity index (χ1) is 11.2. The Hall–Kier alpha value is -2.76. The van der Waals surface area contributed by atoms with Crippen LogP contribution in [0.2, 0.25) is 0 Å². The van der Waals surface area contributed by atoms with E-state index < -0.39 is 0 Å². The second-order valence-corrected chi connectivity index (χ2v) is 5.42. The van der Waals surface area contributed by atoms with Gasteiger partial charge in [-0.05, 0) is 18.9 Å². The molecule has 0 amide bonds. The fourth-order valence-electron chi connectivity index (χ4n) is 2.77. The van der Waals surface area contributed by atoms with E-state index in [9.17, 15) is 4.79 Å². The summed E-state index contributed by atoms with van der Waals surface area (Å²) in [4.78, 5) is 16.6. The highest BCUT2D eigenvalue weighted by Crippen LogP contribution is 2.20. The van der Waals surface area contributed by atoms with Crippen molar-refractivity contribution in [2.75, 3.05) is 0 Å². The van der Waals surface area contributed by atoms with Crippen LogP contribution in [0.25, 0.3) is 0 Å². The topological polar surface area (TPSA) is 65.6 Å². The summed E-state index contributed by atoms with van der Waals surface area (Å²) in [5, 5.41) is 8.15. The molecular formula is C17H19N5O.